The lowest BCUT2D eigenvalue weighted by atomic mass is 9.71. The van der Waals surface area contributed by atoms with E-state index in [9.17, 15) is 21.9 Å². The van der Waals surface area contributed by atoms with Gasteiger partial charge in [0.05, 0.1) is 71.2 Å². The second kappa shape index (κ2) is 24.5. The van der Waals surface area contributed by atoms with Crippen LogP contribution in [0.1, 0.15) is 214 Å². The lowest BCUT2D eigenvalue weighted by molar-refractivity contribution is 0.589. The van der Waals surface area contributed by atoms with E-state index in [1.807, 2.05) is 87.7 Å². The van der Waals surface area contributed by atoms with Crippen LogP contribution in [0.2, 0.25) is 0 Å². The quantitative estimate of drug-likeness (QED) is 0.150. The van der Waals surface area contributed by atoms with E-state index in [1.54, 1.807) is 12.1 Å². The highest BCUT2D eigenvalue weighted by Gasteiger charge is 2.45. The van der Waals surface area contributed by atoms with Crippen LogP contribution in [-0.2, 0) is 33.5 Å². The molecule has 1 aromatic heterocycles. The first-order valence-corrected chi connectivity index (χ1v) is 36.1. The minimum atomic E-state index is -0.879. The third-order valence-electron chi connectivity index (χ3n) is 21.7. The first kappa shape index (κ1) is 48.3. The summed E-state index contributed by atoms with van der Waals surface area (Å²) in [5, 5.41) is 2.00. The zero-order valence-electron chi connectivity index (χ0n) is 80.8. The molecule has 3 heterocycles. The van der Waals surface area contributed by atoms with Gasteiger partial charge in [-0.15, -0.1) is 0 Å². The largest absolute Gasteiger partial charge is 0.309 e. The molecule has 0 spiro atoms. The van der Waals surface area contributed by atoms with Crippen LogP contribution in [0, 0.1) is 0 Å². The number of fused-ring (bicyclic) bond motifs is 9. The Bertz CT molecular complexity index is 6640. The summed E-state index contributed by atoms with van der Waals surface area (Å²) in [6.07, 6.45) is 0.653. The van der Waals surface area contributed by atoms with Crippen LogP contribution in [0.4, 0.5) is 34.1 Å². The summed E-state index contributed by atoms with van der Waals surface area (Å²) in [5.41, 5.74) is 11.8. The van der Waals surface area contributed by atoms with Crippen molar-refractivity contribution in [2.45, 2.75) is 149 Å². The average Bonchev–Trinajstić information content (AvgIpc) is 0.903. The molecule has 0 saturated carbocycles. The number of hydrogen-bond acceptors (Lipinski definition) is 2. The first-order chi connectivity index (χ1) is 57.6. The maximum Gasteiger partial charge on any atom is 0.0629 e. The van der Waals surface area contributed by atoms with Gasteiger partial charge in [-0.2, -0.15) is 0 Å². The van der Waals surface area contributed by atoms with Gasteiger partial charge in [-0.05, 0) is 201 Å². The van der Waals surface area contributed by atoms with Crippen molar-refractivity contribution in [1.29, 1.82) is 0 Å². The van der Waals surface area contributed by atoms with Gasteiger partial charge in [-0.1, -0.05) is 304 Å². The smallest absolute Gasteiger partial charge is 0.0629 e. The SMILES string of the molecule is [2H]c1cc([2H])c([2H])c(-c2cc(C(C)(C)C)cc(-c3c([2H])c([2H])c([2H])c([2H])c3[2H])c2N2c3cc(-n4c5ccc(C(C)(C)C)cc5c5cc(C(C)(C)C)ccc54)ccc3C3c4ccc(C5c6ccccc6Cc6ccccc65)cc4N(c4c(-c5c([2H])c([2H])c([2H])c([2H])c5[2H])cc(C(C)(C)C)cc4-c4c([2H])c([2H])c([2H])c([2H])c4[2H])c4cc(C(C)(C)C)cc2c43)c1[2H]. The predicted octanol–water partition coefficient (Wildman–Crippen LogP) is 27.8. The van der Waals surface area contributed by atoms with Crippen molar-refractivity contribution in [2.24, 2.45) is 0 Å². The van der Waals surface area contributed by atoms with Gasteiger partial charge in [0.2, 0.25) is 0 Å². The number of nitrogens with zero attached hydrogens (tertiary/aromatic N) is 3. The van der Waals surface area contributed by atoms with Gasteiger partial charge in [-0.3, -0.25) is 0 Å². The Kier molecular flexibility index (Phi) is 11.3. The highest BCUT2D eigenvalue weighted by atomic mass is 15.2. The molecule has 0 bridgehead atoms. The van der Waals surface area contributed by atoms with Gasteiger partial charge in [0.15, 0.2) is 0 Å². The van der Waals surface area contributed by atoms with E-state index in [2.05, 4.69) is 176 Å². The maximum atomic E-state index is 10.2. The van der Waals surface area contributed by atoms with Crippen molar-refractivity contribution < 1.29 is 26.0 Å². The van der Waals surface area contributed by atoms with Crippen LogP contribution in [0.3, 0.4) is 0 Å². The van der Waals surface area contributed by atoms with Gasteiger partial charge < -0.3 is 14.4 Å². The molecule has 13 aromatic carbocycles. The van der Waals surface area contributed by atoms with Gasteiger partial charge in [0.1, 0.15) is 0 Å². The molecule has 17 rings (SSSR count). The van der Waals surface area contributed by atoms with Gasteiger partial charge in [0.25, 0.3) is 0 Å². The fourth-order valence-corrected chi connectivity index (χ4v) is 16.1. The lowest BCUT2D eigenvalue weighted by Gasteiger charge is -2.47. The van der Waals surface area contributed by atoms with E-state index in [0.717, 1.165) is 66.8 Å². The topological polar surface area (TPSA) is 11.4 Å². The summed E-state index contributed by atoms with van der Waals surface area (Å²) in [5.74, 6) is -1.30. The molecule has 1 atom stereocenters. The van der Waals surface area contributed by atoms with Crippen LogP contribution in [-0.4, -0.2) is 4.57 Å². The molecule has 0 radical (unpaired) electrons. The third-order valence-corrected chi connectivity index (χ3v) is 21.7. The summed E-state index contributed by atoms with van der Waals surface area (Å²) in [6, 6.07) is 44.3. The van der Waals surface area contributed by atoms with E-state index in [-0.39, 0.29) is 78.8 Å². The van der Waals surface area contributed by atoms with Crippen molar-refractivity contribution in [3.05, 3.63) is 351 Å². The molecule has 0 saturated heterocycles. The van der Waals surface area contributed by atoms with Crippen molar-refractivity contribution in [3.63, 3.8) is 0 Å². The fraction of sp³-hybridized carbons (Fsp3) is 0.228. The van der Waals surface area contributed by atoms with E-state index in [0.29, 0.717) is 68.2 Å². The molecule has 3 nitrogen and oxygen atoms in total. The summed E-state index contributed by atoms with van der Waals surface area (Å²) >= 11 is 0. The van der Waals surface area contributed by atoms with Gasteiger partial charge in [-0.25, -0.2) is 0 Å². The number of aromatic nitrogens is 1. The van der Waals surface area contributed by atoms with Crippen LogP contribution in [0.25, 0.3) is 72.0 Å². The van der Waals surface area contributed by atoms with Gasteiger partial charge in [0, 0.05) is 56.1 Å². The minimum absolute atomic E-state index is 0.0587. The van der Waals surface area contributed by atoms with Crippen LogP contribution < -0.4 is 9.80 Å². The monoisotopic (exact) mass is 1370 g/mol. The Morgan fingerprint density at radius 1 is 0.308 bits per heavy atom. The molecular formula is C101H95N3. The highest BCUT2D eigenvalue weighted by molar-refractivity contribution is 6.11. The van der Waals surface area contributed by atoms with Crippen molar-refractivity contribution in [3.8, 4) is 50.2 Å². The normalized spacial score (nSPS) is 17.0. The second-order valence-electron chi connectivity index (χ2n) is 33.5. The Hall–Kier alpha value is -10.7. The molecule has 104 heavy (non-hydrogen) atoms. The number of rotatable bonds is 8. The standard InChI is InChI=1S/C101H95N3/c1-97(2,3)70-45-50-86-84(54-70)85-55-71(98(4,5)6)46-51-87(85)102(86)75-47-49-79-89(62-75)104(96-82(65-36-24-18-25-37-65)58-73(100(10,11)12)59-83(96)66-38-26-19-27-39-66)91-61-74(101(13,14)15)60-90-94(91)93(79)78-48-44-69(92-76-42-30-28-40-67(76)52-68-41-29-31-43-77(68)92)53-88(78)103(90)95-80(63-32-20-16-21-33-63)56-72(99(7,8)9)57-81(95)64-34-22-17-23-35-64/h16-51,53-62,92-93H,52H2,1-15H3/i16D,17D,18D,20D,21D,22D,23D,24D,25D,26D,27D,32D,33D,34D,35D,36D,37D,38D,39D. The van der Waals surface area contributed by atoms with Crippen LogP contribution in [0.15, 0.2) is 279 Å². The molecule has 1 unspecified atom stereocenters. The molecular weight excluding hydrogens is 1260 g/mol. The minimum Gasteiger partial charge on any atom is -0.309 e. The first-order valence-electron chi connectivity index (χ1n) is 45.6. The molecule has 2 aliphatic heterocycles. The summed E-state index contributed by atoms with van der Waals surface area (Å²) in [7, 11) is 0. The third kappa shape index (κ3) is 11.2. The van der Waals surface area contributed by atoms with Crippen molar-refractivity contribution >= 4 is 55.9 Å². The molecule has 0 fully saturated rings. The van der Waals surface area contributed by atoms with E-state index in [4.69, 9.17) is 4.11 Å². The molecule has 0 amide bonds. The number of benzene rings is 13. The fourth-order valence-electron chi connectivity index (χ4n) is 16.1. The Morgan fingerprint density at radius 3 is 1.10 bits per heavy atom. The molecule has 3 aliphatic rings. The number of anilines is 6. The molecule has 514 valence electrons. The molecule has 0 N–H and O–H groups in total. The van der Waals surface area contributed by atoms with E-state index < -0.39 is 131 Å². The Labute approximate surface area is 643 Å². The molecule has 14 aromatic rings. The lowest BCUT2D eigenvalue weighted by Crippen LogP contribution is -2.31. The van der Waals surface area contributed by atoms with Crippen molar-refractivity contribution in [1.82, 2.24) is 4.57 Å². The van der Waals surface area contributed by atoms with E-state index >= 15 is 0 Å². The van der Waals surface area contributed by atoms with Crippen LogP contribution >= 0.6 is 0 Å². The summed E-state index contributed by atoms with van der Waals surface area (Å²) < 4.78 is 188. The van der Waals surface area contributed by atoms with Gasteiger partial charge >= 0.3 is 0 Å². The predicted molar refractivity (Wildman–Crippen MR) is 443 cm³/mol. The highest BCUT2D eigenvalue weighted by Crippen LogP contribution is 2.65. The number of hydrogen-bond donors (Lipinski definition) is 0. The molecule has 1 aliphatic carbocycles. The zero-order valence-corrected chi connectivity index (χ0v) is 61.8. The van der Waals surface area contributed by atoms with Crippen LogP contribution in [0.5, 0.6) is 0 Å². The summed E-state index contributed by atoms with van der Waals surface area (Å²) in [4.78, 5) is 4.00. The maximum absolute atomic E-state index is 10.2. The average molecular weight is 1370 g/mol. The zero-order chi connectivity index (χ0) is 88.6. The van der Waals surface area contributed by atoms with E-state index in [1.165, 1.54) is 0 Å². The summed E-state index contributed by atoms with van der Waals surface area (Å²) in [6.45, 7) is 31.0. The molecule has 3 heteroatoms. The van der Waals surface area contributed by atoms with Crippen molar-refractivity contribution in [2.75, 3.05) is 9.80 Å². The Balaban J connectivity index is 1.14. The second-order valence-corrected chi connectivity index (χ2v) is 33.5. The Morgan fingerprint density at radius 2 is 0.683 bits per heavy atom.